The molecular formula is C12H13Cl2NO. The van der Waals surface area contributed by atoms with Crippen molar-refractivity contribution in [3.05, 3.63) is 39.9 Å². The Morgan fingerprint density at radius 3 is 2.69 bits per heavy atom. The smallest absolute Gasteiger partial charge is 0.244 e. The molecule has 16 heavy (non-hydrogen) atoms. The molecule has 1 amide bonds. The molecule has 1 aromatic carbocycles. The van der Waals surface area contributed by atoms with Gasteiger partial charge >= 0.3 is 0 Å². The molecule has 0 heterocycles. The molecule has 0 radical (unpaired) electrons. The lowest BCUT2D eigenvalue weighted by Gasteiger charge is -2.04. The lowest BCUT2D eigenvalue weighted by Crippen LogP contribution is -2.28. The molecule has 0 aliphatic rings. The topological polar surface area (TPSA) is 29.1 Å². The molecule has 0 saturated carbocycles. The minimum Gasteiger partial charge on any atom is -0.350 e. The second-order valence-electron chi connectivity index (χ2n) is 3.64. The molecule has 4 heteroatoms. The minimum atomic E-state index is -0.147. The predicted molar refractivity (Wildman–Crippen MR) is 68.8 cm³/mol. The van der Waals surface area contributed by atoms with Crippen molar-refractivity contribution in [2.45, 2.75) is 19.9 Å². The van der Waals surface area contributed by atoms with Crippen LogP contribution in [-0.4, -0.2) is 11.9 Å². The van der Waals surface area contributed by atoms with Crippen LogP contribution < -0.4 is 5.32 Å². The van der Waals surface area contributed by atoms with Gasteiger partial charge in [0.05, 0.1) is 10.0 Å². The highest BCUT2D eigenvalue weighted by atomic mass is 35.5. The molecule has 1 aromatic rings. The summed E-state index contributed by atoms with van der Waals surface area (Å²) in [5.41, 5.74) is 0.730. The SMILES string of the molecule is CC(C)NC(=O)/C=C\c1cccc(Cl)c1Cl. The van der Waals surface area contributed by atoms with E-state index in [4.69, 9.17) is 23.2 Å². The van der Waals surface area contributed by atoms with Crippen LogP contribution >= 0.6 is 23.2 Å². The van der Waals surface area contributed by atoms with Crippen molar-refractivity contribution in [2.75, 3.05) is 0 Å². The lowest BCUT2D eigenvalue weighted by molar-refractivity contribution is -0.116. The van der Waals surface area contributed by atoms with Crippen LogP contribution in [0.15, 0.2) is 24.3 Å². The maximum atomic E-state index is 11.3. The monoisotopic (exact) mass is 257 g/mol. The van der Waals surface area contributed by atoms with E-state index in [2.05, 4.69) is 5.32 Å². The summed E-state index contributed by atoms with van der Waals surface area (Å²) in [5.74, 6) is -0.147. The van der Waals surface area contributed by atoms with Gasteiger partial charge in [0.2, 0.25) is 5.91 Å². The molecule has 0 fully saturated rings. The highest BCUT2D eigenvalue weighted by molar-refractivity contribution is 6.42. The third kappa shape index (κ3) is 3.87. The molecule has 1 rings (SSSR count). The van der Waals surface area contributed by atoms with Crippen LogP contribution in [0.3, 0.4) is 0 Å². The molecule has 0 saturated heterocycles. The number of carbonyl (C=O) groups excluding carboxylic acids is 1. The van der Waals surface area contributed by atoms with Gasteiger partial charge in [0.1, 0.15) is 0 Å². The standard InChI is InChI=1S/C12H13Cl2NO/c1-8(2)15-11(16)7-6-9-4-3-5-10(13)12(9)14/h3-8H,1-2H3,(H,15,16)/b7-6-. The molecule has 2 nitrogen and oxygen atoms in total. The highest BCUT2D eigenvalue weighted by Gasteiger charge is 2.02. The second kappa shape index (κ2) is 5.92. The van der Waals surface area contributed by atoms with Gasteiger partial charge in [-0.3, -0.25) is 4.79 Å². The summed E-state index contributed by atoms with van der Waals surface area (Å²) in [6.45, 7) is 3.80. The van der Waals surface area contributed by atoms with E-state index in [9.17, 15) is 4.79 Å². The third-order valence-electron chi connectivity index (χ3n) is 1.83. The number of benzene rings is 1. The summed E-state index contributed by atoms with van der Waals surface area (Å²) in [5, 5.41) is 3.68. The first-order valence-electron chi connectivity index (χ1n) is 4.93. The molecule has 86 valence electrons. The van der Waals surface area contributed by atoms with Crippen molar-refractivity contribution in [3.63, 3.8) is 0 Å². The molecule has 0 aliphatic carbocycles. The first kappa shape index (κ1) is 13.1. The van der Waals surface area contributed by atoms with Gasteiger partial charge in [-0.1, -0.05) is 35.3 Å². The molecule has 0 aliphatic heterocycles. The largest absolute Gasteiger partial charge is 0.350 e. The number of nitrogens with one attached hydrogen (secondary N) is 1. The Morgan fingerprint density at radius 2 is 2.06 bits per heavy atom. The summed E-state index contributed by atoms with van der Waals surface area (Å²) in [6, 6.07) is 5.41. The fourth-order valence-corrected chi connectivity index (χ4v) is 1.52. The van der Waals surface area contributed by atoms with Crippen LogP contribution in [0.5, 0.6) is 0 Å². The number of carbonyl (C=O) groups is 1. The predicted octanol–water partition coefficient (Wildman–Crippen LogP) is 3.53. The van der Waals surface area contributed by atoms with Gasteiger partial charge in [-0.2, -0.15) is 0 Å². The fraction of sp³-hybridized carbons (Fsp3) is 0.250. The Labute approximate surface area is 105 Å². The molecule has 0 aromatic heterocycles. The van der Waals surface area contributed by atoms with E-state index in [1.165, 1.54) is 6.08 Å². The van der Waals surface area contributed by atoms with E-state index >= 15 is 0 Å². The number of amides is 1. The number of hydrogen-bond acceptors (Lipinski definition) is 1. The van der Waals surface area contributed by atoms with E-state index in [1.807, 2.05) is 13.8 Å². The van der Waals surface area contributed by atoms with Crippen molar-refractivity contribution in [1.29, 1.82) is 0 Å². The highest BCUT2D eigenvalue weighted by Crippen LogP contribution is 2.26. The van der Waals surface area contributed by atoms with E-state index < -0.39 is 0 Å². The van der Waals surface area contributed by atoms with Gasteiger partial charge in [-0.15, -0.1) is 0 Å². The first-order chi connectivity index (χ1) is 7.50. The van der Waals surface area contributed by atoms with E-state index in [0.717, 1.165) is 5.56 Å². The maximum absolute atomic E-state index is 11.3. The average Bonchev–Trinajstić information content (AvgIpc) is 2.19. The zero-order chi connectivity index (χ0) is 12.1. The van der Waals surface area contributed by atoms with Crippen LogP contribution in [0, 0.1) is 0 Å². The molecular weight excluding hydrogens is 245 g/mol. The van der Waals surface area contributed by atoms with Gasteiger partial charge in [0, 0.05) is 12.1 Å². The van der Waals surface area contributed by atoms with Crippen molar-refractivity contribution in [3.8, 4) is 0 Å². The Balaban J connectivity index is 2.77. The van der Waals surface area contributed by atoms with Gasteiger partial charge in [-0.25, -0.2) is 0 Å². The summed E-state index contributed by atoms with van der Waals surface area (Å²) in [7, 11) is 0. The molecule has 0 unspecified atom stereocenters. The number of rotatable bonds is 3. The van der Waals surface area contributed by atoms with Crippen LogP contribution in [0.25, 0.3) is 6.08 Å². The summed E-state index contributed by atoms with van der Waals surface area (Å²) in [4.78, 5) is 11.3. The second-order valence-corrected chi connectivity index (χ2v) is 4.42. The van der Waals surface area contributed by atoms with Gasteiger partial charge in [0.25, 0.3) is 0 Å². The Morgan fingerprint density at radius 1 is 1.38 bits per heavy atom. The zero-order valence-corrected chi connectivity index (χ0v) is 10.6. The summed E-state index contributed by atoms with van der Waals surface area (Å²) in [6.07, 6.45) is 3.09. The normalized spacial score (nSPS) is 11.1. The van der Waals surface area contributed by atoms with Gasteiger partial charge in [0.15, 0.2) is 0 Å². The van der Waals surface area contributed by atoms with Crippen LogP contribution in [0.2, 0.25) is 10.0 Å². The zero-order valence-electron chi connectivity index (χ0n) is 9.13. The minimum absolute atomic E-state index is 0.118. The van der Waals surface area contributed by atoms with Crippen LogP contribution in [0.4, 0.5) is 0 Å². The van der Waals surface area contributed by atoms with Crippen molar-refractivity contribution >= 4 is 35.2 Å². The van der Waals surface area contributed by atoms with E-state index in [0.29, 0.717) is 10.0 Å². The van der Waals surface area contributed by atoms with Crippen molar-refractivity contribution in [1.82, 2.24) is 5.32 Å². The Hall–Kier alpha value is -0.990. The molecule has 0 atom stereocenters. The molecule has 0 bridgehead atoms. The van der Waals surface area contributed by atoms with Crippen LogP contribution in [0.1, 0.15) is 19.4 Å². The Bertz CT molecular complexity index is 413. The quantitative estimate of drug-likeness (QED) is 0.825. The molecule has 1 N–H and O–H groups in total. The van der Waals surface area contributed by atoms with E-state index in [1.54, 1.807) is 24.3 Å². The number of halogens is 2. The van der Waals surface area contributed by atoms with Crippen LogP contribution in [-0.2, 0) is 4.79 Å². The van der Waals surface area contributed by atoms with Crippen molar-refractivity contribution in [2.24, 2.45) is 0 Å². The summed E-state index contributed by atoms with van der Waals surface area (Å²) >= 11 is 11.8. The van der Waals surface area contributed by atoms with Gasteiger partial charge < -0.3 is 5.32 Å². The first-order valence-corrected chi connectivity index (χ1v) is 5.69. The molecule has 0 spiro atoms. The van der Waals surface area contributed by atoms with Gasteiger partial charge in [-0.05, 0) is 31.6 Å². The lowest BCUT2D eigenvalue weighted by atomic mass is 10.2. The van der Waals surface area contributed by atoms with Crippen molar-refractivity contribution < 1.29 is 4.79 Å². The fourth-order valence-electron chi connectivity index (χ4n) is 1.15. The average molecular weight is 258 g/mol. The summed E-state index contributed by atoms with van der Waals surface area (Å²) < 4.78 is 0. The third-order valence-corrected chi connectivity index (χ3v) is 2.66. The maximum Gasteiger partial charge on any atom is 0.244 e. The number of hydrogen-bond donors (Lipinski definition) is 1. The van der Waals surface area contributed by atoms with E-state index in [-0.39, 0.29) is 11.9 Å². The Kier molecular flexibility index (Phi) is 4.84.